The van der Waals surface area contributed by atoms with E-state index in [0.717, 1.165) is 12.0 Å². The Balaban J connectivity index is 1.87. The van der Waals surface area contributed by atoms with Crippen LogP contribution in [0.3, 0.4) is 0 Å². The zero-order chi connectivity index (χ0) is 23.8. The molecule has 0 aliphatic heterocycles. The summed E-state index contributed by atoms with van der Waals surface area (Å²) in [6.45, 7) is 3.74. The molecule has 3 rings (SSSR count). The minimum Gasteiger partial charge on any atom is -0.464 e. The smallest absolute Gasteiger partial charge is 0.425 e. The van der Waals surface area contributed by atoms with Gasteiger partial charge in [-0.2, -0.15) is 4.90 Å². The monoisotopic (exact) mass is 454 g/mol. The number of halogens is 1. The van der Waals surface area contributed by atoms with E-state index in [-0.39, 0.29) is 23.5 Å². The highest BCUT2D eigenvalue weighted by molar-refractivity contribution is 6.07. The lowest BCUT2D eigenvalue weighted by atomic mass is 10.0. The van der Waals surface area contributed by atoms with Crippen LogP contribution in [0, 0.1) is 12.7 Å². The van der Waals surface area contributed by atoms with Gasteiger partial charge in [0.2, 0.25) is 5.95 Å². The van der Waals surface area contributed by atoms with E-state index in [0.29, 0.717) is 23.6 Å². The molecule has 0 aliphatic carbocycles. The number of amides is 2. The van der Waals surface area contributed by atoms with Gasteiger partial charge in [0, 0.05) is 31.2 Å². The molecule has 3 aromatic rings. The van der Waals surface area contributed by atoms with Crippen LogP contribution in [0.15, 0.2) is 43.1 Å². The van der Waals surface area contributed by atoms with Gasteiger partial charge in [-0.05, 0) is 42.2 Å². The Bertz CT molecular complexity index is 1130. The van der Waals surface area contributed by atoms with Gasteiger partial charge in [-0.15, -0.1) is 0 Å². The van der Waals surface area contributed by atoms with Gasteiger partial charge in [-0.3, -0.25) is 4.98 Å². The van der Waals surface area contributed by atoms with Crippen molar-refractivity contribution in [2.75, 3.05) is 16.8 Å². The fraction of sp³-hybridized carbons (Fsp3) is 0.273. The normalized spacial score (nSPS) is 10.5. The quantitative estimate of drug-likeness (QED) is 0.473. The van der Waals surface area contributed by atoms with E-state index in [1.165, 1.54) is 12.3 Å². The van der Waals surface area contributed by atoms with Crippen molar-refractivity contribution in [3.05, 3.63) is 65.6 Å². The van der Waals surface area contributed by atoms with E-state index in [1.807, 2.05) is 13.8 Å². The molecule has 10 nitrogen and oxygen atoms in total. The highest BCUT2D eigenvalue weighted by atomic mass is 19.1. The van der Waals surface area contributed by atoms with Crippen molar-refractivity contribution < 1.29 is 23.8 Å². The van der Waals surface area contributed by atoms with Crippen molar-refractivity contribution in [1.82, 2.24) is 19.9 Å². The minimum atomic E-state index is -1.69. The lowest BCUT2D eigenvalue weighted by Crippen LogP contribution is -2.38. The zero-order valence-electron chi connectivity index (χ0n) is 18.2. The van der Waals surface area contributed by atoms with E-state index in [4.69, 9.17) is 4.74 Å². The van der Waals surface area contributed by atoms with Crippen LogP contribution in [0.25, 0.3) is 0 Å². The lowest BCUT2D eigenvalue weighted by Gasteiger charge is -2.18. The second-order valence-electron chi connectivity index (χ2n) is 7.04. The number of ether oxygens (including phenoxy) is 1. The topological polar surface area (TPSA) is 130 Å². The van der Waals surface area contributed by atoms with Gasteiger partial charge in [0.15, 0.2) is 11.6 Å². The SMILES string of the molecule is CCCCOC(=O)N(C(=O)O)c1nccc(Cc2cncc(Nc3ncccn3)c2C)c1F. The lowest BCUT2D eigenvalue weighted by molar-refractivity contribution is 0.147. The van der Waals surface area contributed by atoms with Crippen LogP contribution >= 0.6 is 0 Å². The first-order chi connectivity index (χ1) is 15.9. The third-order valence-corrected chi connectivity index (χ3v) is 4.77. The predicted molar refractivity (Wildman–Crippen MR) is 118 cm³/mol. The van der Waals surface area contributed by atoms with Crippen molar-refractivity contribution in [3.8, 4) is 0 Å². The summed E-state index contributed by atoms with van der Waals surface area (Å²) in [6, 6.07) is 3.11. The molecule has 0 bridgehead atoms. The highest BCUT2D eigenvalue weighted by Gasteiger charge is 2.30. The summed E-state index contributed by atoms with van der Waals surface area (Å²) >= 11 is 0. The Labute approximate surface area is 189 Å². The van der Waals surface area contributed by atoms with E-state index >= 15 is 4.39 Å². The molecule has 33 heavy (non-hydrogen) atoms. The molecule has 172 valence electrons. The number of carbonyl (C=O) groups excluding carboxylic acids is 1. The van der Waals surface area contributed by atoms with E-state index < -0.39 is 23.8 Å². The van der Waals surface area contributed by atoms with E-state index in [9.17, 15) is 14.7 Å². The number of carbonyl (C=O) groups is 2. The molecule has 3 aromatic heterocycles. The van der Waals surface area contributed by atoms with Gasteiger partial charge in [0.25, 0.3) is 0 Å². The number of aromatic nitrogens is 4. The molecule has 0 saturated carbocycles. The molecule has 0 radical (unpaired) electrons. The maximum Gasteiger partial charge on any atom is 0.425 e. The molecule has 0 unspecified atom stereocenters. The zero-order valence-corrected chi connectivity index (χ0v) is 18.2. The van der Waals surface area contributed by atoms with Crippen LogP contribution in [-0.4, -0.2) is 43.8 Å². The molecule has 11 heteroatoms. The molecule has 3 heterocycles. The average molecular weight is 454 g/mol. The van der Waals surface area contributed by atoms with Crippen LogP contribution in [-0.2, 0) is 11.2 Å². The minimum absolute atomic E-state index is 0.0240. The Morgan fingerprint density at radius 3 is 2.61 bits per heavy atom. The second-order valence-corrected chi connectivity index (χ2v) is 7.04. The summed E-state index contributed by atoms with van der Waals surface area (Å²) in [6.07, 6.45) is 6.12. The summed E-state index contributed by atoms with van der Waals surface area (Å²) in [5.41, 5.74) is 2.24. The Morgan fingerprint density at radius 1 is 1.15 bits per heavy atom. The van der Waals surface area contributed by atoms with Crippen LogP contribution < -0.4 is 10.2 Å². The number of hydrogen-bond acceptors (Lipinski definition) is 8. The number of hydrogen-bond donors (Lipinski definition) is 2. The van der Waals surface area contributed by atoms with Crippen LogP contribution in [0.5, 0.6) is 0 Å². The number of pyridine rings is 2. The maximum atomic E-state index is 15.3. The molecule has 0 atom stereocenters. The number of nitrogens with one attached hydrogen (secondary N) is 1. The summed E-state index contributed by atoms with van der Waals surface area (Å²) < 4.78 is 20.2. The molecule has 0 aromatic carbocycles. The molecular weight excluding hydrogens is 431 g/mol. The first-order valence-corrected chi connectivity index (χ1v) is 10.2. The van der Waals surface area contributed by atoms with Crippen molar-refractivity contribution in [2.24, 2.45) is 0 Å². The molecule has 0 saturated heterocycles. The summed E-state index contributed by atoms with van der Waals surface area (Å²) in [4.78, 5) is 40.2. The standard InChI is InChI=1S/C22H23FN6O4/c1-3-4-10-33-22(32)29(21(30)31)19-18(23)15(6-9-25-19)11-16-12-24-13-17(14(16)2)28-20-26-7-5-8-27-20/h5-9,12-13H,3-4,10-11H2,1-2H3,(H,30,31)(H,26,27,28). The average Bonchev–Trinajstić information content (AvgIpc) is 2.79. The van der Waals surface area contributed by atoms with Gasteiger partial charge in [-0.1, -0.05) is 13.3 Å². The summed E-state index contributed by atoms with van der Waals surface area (Å²) in [5, 5.41) is 12.5. The predicted octanol–water partition coefficient (Wildman–Crippen LogP) is 4.47. The number of rotatable bonds is 8. The summed E-state index contributed by atoms with van der Waals surface area (Å²) in [7, 11) is 0. The number of nitrogens with zero attached hydrogens (tertiary/aromatic N) is 5. The number of unbranched alkanes of at least 4 members (excludes halogenated alkanes) is 1. The van der Waals surface area contributed by atoms with Crippen molar-refractivity contribution in [3.63, 3.8) is 0 Å². The Morgan fingerprint density at radius 2 is 1.91 bits per heavy atom. The Hall–Kier alpha value is -4.15. The van der Waals surface area contributed by atoms with E-state index in [1.54, 1.807) is 30.9 Å². The van der Waals surface area contributed by atoms with E-state index in [2.05, 4.69) is 25.3 Å². The second kappa shape index (κ2) is 10.9. The van der Waals surface area contributed by atoms with Crippen molar-refractivity contribution in [1.29, 1.82) is 0 Å². The fourth-order valence-corrected chi connectivity index (χ4v) is 2.95. The van der Waals surface area contributed by atoms with Crippen LogP contribution in [0.4, 0.5) is 31.4 Å². The molecule has 0 spiro atoms. The Kier molecular flexibility index (Phi) is 7.79. The fourth-order valence-electron chi connectivity index (χ4n) is 2.95. The number of carboxylic acid groups (broad SMARTS) is 1. The number of imide groups is 1. The van der Waals surface area contributed by atoms with Gasteiger partial charge >= 0.3 is 12.2 Å². The first-order valence-electron chi connectivity index (χ1n) is 10.2. The largest absolute Gasteiger partial charge is 0.464 e. The maximum absolute atomic E-state index is 15.3. The molecule has 0 fully saturated rings. The van der Waals surface area contributed by atoms with Gasteiger partial charge in [-0.25, -0.2) is 28.9 Å². The highest BCUT2D eigenvalue weighted by Crippen LogP contribution is 2.26. The summed E-state index contributed by atoms with van der Waals surface area (Å²) in [5.74, 6) is -1.19. The molecular formula is C22H23FN6O4. The van der Waals surface area contributed by atoms with Gasteiger partial charge in [0.1, 0.15) is 0 Å². The van der Waals surface area contributed by atoms with Gasteiger partial charge < -0.3 is 15.2 Å². The van der Waals surface area contributed by atoms with Crippen LogP contribution in [0.2, 0.25) is 0 Å². The van der Waals surface area contributed by atoms with Crippen molar-refractivity contribution >= 4 is 29.6 Å². The van der Waals surface area contributed by atoms with Crippen molar-refractivity contribution in [2.45, 2.75) is 33.1 Å². The van der Waals surface area contributed by atoms with Crippen LogP contribution in [0.1, 0.15) is 36.5 Å². The molecule has 2 N–H and O–H groups in total. The third-order valence-electron chi connectivity index (χ3n) is 4.77. The molecule has 0 aliphatic rings. The van der Waals surface area contributed by atoms with Gasteiger partial charge in [0.05, 0.1) is 18.5 Å². The molecule has 2 amide bonds. The third kappa shape index (κ3) is 5.76. The number of anilines is 3. The first kappa shape index (κ1) is 23.5.